The average molecular weight is 517 g/mol. The number of carboxylic acid groups (broad SMARTS) is 1. The second-order valence-corrected chi connectivity index (χ2v) is 10.3. The summed E-state index contributed by atoms with van der Waals surface area (Å²) in [7, 11) is 3.57. The van der Waals surface area contributed by atoms with E-state index in [0.717, 1.165) is 17.7 Å². The zero-order chi connectivity index (χ0) is 26.7. The lowest BCUT2D eigenvalue weighted by molar-refractivity contribution is -0.175. The Labute approximate surface area is 214 Å². The Bertz CT molecular complexity index is 1180. The molecule has 6 atom stereocenters. The molecule has 1 spiro atoms. The maximum absolute atomic E-state index is 12.9. The van der Waals surface area contributed by atoms with Crippen molar-refractivity contribution in [3.05, 3.63) is 35.1 Å². The molecule has 37 heavy (non-hydrogen) atoms. The fraction of sp³-hybridized carbons (Fsp3) is 0.577. The Morgan fingerprint density at radius 1 is 1.32 bits per heavy atom. The molecule has 0 saturated carbocycles. The van der Waals surface area contributed by atoms with Crippen molar-refractivity contribution in [3.8, 4) is 11.5 Å². The molecule has 0 aromatic heterocycles. The van der Waals surface area contributed by atoms with Crippen molar-refractivity contribution < 1.29 is 43.5 Å². The summed E-state index contributed by atoms with van der Waals surface area (Å²) in [5, 5.41) is 21.1. The summed E-state index contributed by atoms with van der Waals surface area (Å²) < 4.78 is 22.9. The van der Waals surface area contributed by atoms with Gasteiger partial charge in [0.1, 0.15) is 11.8 Å². The molecule has 2 bridgehead atoms. The highest BCUT2D eigenvalue weighted by Crippen LogP contribution is 2.65. The molecule has 1 aromatic rings. The molecule has 4 aliphatic rings. The third-order valence-electron chi connectivity index (χ3n) is 8.39. The van der Waals surface area contributed by atoms with Gasteiger partial charge in [0.25, 0.3) is 0 Å². The molecule has 0 radical (unpaired) electrons. The van der Waals surface area contributed by atoms with Gasteiger partial charge in [-0.3, -0.25) is 9.59 Å². The van der Waals surface area contributed by atoms with E-state index in [1.807, 2.05) is 19.2 Å². The summed E-state index contributed by atoms with van der Waals surface area (Å²) in [5.41, 5.74) is 5.46. The van der Waals surface area contributed by atoms with E-state index < -0.39 is 47.2 Å². The number of benzene rings is 1. The van der Waals surface area contributed by atoms with Crippen LogP contribution in [0, 0.1) is 0 Å². The quantitative estimate of drug-likeness (QED) is 0.416. The highest BCUT2D eigenvalue weighted by atomic mass is 16.6. The number of methoxy groups -OCH3 is 1. The molecular weight excluding hydrogens is 484 g/mol. The van der Waals surface area contributed by atoms with E-state index in [-0.39, 0.29) is 31.1 Å². The molecule has 2 heterocycles. The number of hydrogen-bond donors (Lipinski definition) is 3. The van der Waals surface area contributed by atoms with Crippen molar-refractivity contribution >= 4 is 17.9 Å². The summed E-state index contributed by atoms with van der Waals surface area (Å²) >= 11 is 0. The zero-order valence-corrected chi connectivity index (χ0v) is 21.1. The van der Waals surface area contributed by atoms with Gasteiger partial charge in [0.15, 0.2) is 23.7 Å². The predicted octanol–water partition coefficient (Wildman–Crippen LogP) is 0.640. The Kier molecular flexibility index (Phi) is 6.20. The number of hydrogen-bond acceptors (Lipinski definition) is 10. The number of likely N-dealkylation sites (N-methyl/N-ethyl adjacent to an activating group) is 1. The van der Waals surface area contributed by atoms with E-state index in [1.54, 1.807) is 13.2 Å². The second kappa shape index (κ2) is 9.00. The highest BCUT2D eigenvalue weighted by molar-refractivity contribution is 5.80. The van der Waals surface area contributed by atoms with Gasteiger partial charge < -0.3 is 39.8 Å². The number of ether oxygens (including phenoxy) is 4. The largest absolute Gasteiger partial charge is 0.493 e. The SMILES string of the molecule is COc1ccc2c3c1O[C@@H]1C(OC(=O)[C@H](C)OC(=O)CC[C@H](N)C(=O)O)=CC[C@]4(O)[C@H](C2)N(C)CC[C@@]314. The van der Waals surface area contributed by atoms with Gasteiger partial charge in [-0.25, -0.2) is 4.79 Å². The van der Waals surface area contributed by atoms with E-state index in [1.165, 1.54) is 6.92 Å². The molecule has 1 saturated heterocycles. The summed E-state index contributed by atoms with van der Waals surface area (Å²) in [4.78, 5) is 38.1. The minimum Gasteiger partial charge on any atom is -0.493 e. The van der Waals surface area contributed by atoms with Crippen LogP contribution >= 0.6 is 0 Å². The van der Waals surface area contributed by atoms with Gasteiger partial charge in [0.05, 0.1) is 18.1 Å². The first kappa shape index (κ1) is 25.5. The van der Waals surface area contributed by atoms with Crippen LogP contribution in [0.2, 0.25) is 0 Å². The summed E-state index contributed by atoms with van der Waals surface area (Å²) in [6.07, 6.45) is 0.861. The molecule has 11 nitrogen and oxygen atoms in total. The summed E-state index contributed by atoms with van der Waals surface area (Å²) in [6.45, 7) is 2.11. The third kappa shape index (κ3) is 3.71. The van der Waals surface area contributed by atoms with Crippen molar-refractivity contribution in [3.63, 3.8) is 0 Å². The van der Waals surface area contributed by atoms with Crippen LogP contribution in [-0.2, 0) is 35.7 Å². The molecule has 0 unspecified atom stereocenters. The van der Waals surface area contributed by atoms with Crippen LogP contribution in [0.4, 0.5) is 0 Å². The van der Waals surface area contributed by atoms with Gasteiger partial charge >= 0.3 is 17.9 Å². The van der Waals surface area contributed by atoms with Gasteiger partial charge in [-0.05, 0) is 57.5 Å². The van der Waals surface area contributed by atoms with Crippen LogP contribution in [0.3, 0.4) is 0 Å². The lowest BCUT2D eigenvalue weighted by Crippen LogP contribution is -2.74. The van der Waals surface area contributed by atoms with E-state index in [0.29, 0.717) is 24.3 Å². The van der Waals surface area contributed by atoms with Crippen LogP contribution in [0.1, 0.15) is 43.7 Å². The van der Waals surface area contributed by atoms with Crippen molar-refractivity contribution in [2.75, 3.05) is 20.7 Å². The average Bonchev–Trinajstić information content (AvgIpc) is 3.22. The van der Waals surface area contributed by atoms with Gasteiger partial charge in [0.2, 0.25) is 0 Å². The maximum Gasteiger partial charge on any atom is 0.352 e. The molecule has 5 rings (SSSR count). The molecule has 1 aromatic carbocycles. The van der Waals surface area contributed by atoms with Crippen LogP contribution in [-0.4, -0.2) is 83.6 Å². The Hall–Kier alpha value is -3.15. The topological polar surface area (TPSA) is 158 Å². The summed E-state index contributed by atoms with van der Waals surface area (Å²) in [5.74, 6) is -1.40. The number of nitrogens with two attached hydrogens (primary N) is 1. The fourth-order valence-corrected chi connectivity index (χ4v) is 6.49. The van der Waals surface area contributed by atoms with E-state index >= 15 is 0 Å². The van der Waals surface area contributed by atoms with E-state index in [9.17, 15) is 19.5 Å². The standard InChI is InChI=1S/C26H32N2O9/c1-13(35-19(29)7-5-15(27)23(30)31)24(32)36-17-8-9-26(33)18-12-14-4-6-16(34-3)21-20(14)25(26,22(17)37-21)10-11-28(18)2/h4,6,8,13,15,18,22,33H,5,7,9-12,27H2,1-3H3,(H,30,31)/t13-,15-,18-,22+,25+,26-/m0/s1. The second-order valence-electron chi connectivity index (χ2n) is 10.3. The first-order chi connectivity index (χ1) is 17.5. The zero-order valence-electron chi connectivity index (χ0n) is 21.1. The molecule has 2 aliphatic carbocycles. The number of aliphatic carboxylic acids is 1. The number of rotatable bonds is 8. The molecule has 4 N–H and O–H groups in total. The smallest absolute Gasteiger partial charge is 0.352 e. The Balaban J connectivity index is 1.39. The van der Waals surface area contributed by atoms with Gasteiger partial charge in [0, 0.05) is 24.4 Å². The van der Waals surface area contributed by atoms with Crippen LogP contribution in [0.15, 0.2) is 24.0 Å². The Morgan fingerprint density at radius 2 is 2.08 bits per heavy atom. The normalized spacial score (nSPS) is 30.8. The molecular formula is C26H32N2O9. The first-order valence-electron chi connectivity index (χ1n) is 12.4. The number of carbonyl (C=O) groups excluding carboxylic acids is 2. The maximum atomic E-state index is 12.9. The Morgan fingerprint density at radius 3 is 2.78 bits per heavy atom. The molecule has 2 aliphatic heterocycles. The van der Waals surface area contributed by atoms with Crippen LogP contribution < -0.4 is 15.2 Å². The van der Waals surface area contributed by atoms with Gasteiger partial charge in [-0.2, -0.15) is 0 Å². The van der Waals surface area contributed by atoms with Crippen molar-refractivity contribution in [1.29, 1.82) is 0 Å². The number of esters is 2. The van der Waals surface area contributed by atoms with Gasteiger partial charge in [-0.1, -0.05) is 6.07 Å². The highest BCUT2D eigenvalue weighted by Gasteiger charge is 2.72. The summed E-state index contributed by atoms with van der Waals surface area (Å²) in [6, 6.07) is 2.54. The number of likely N-dealkylation sites (tertiary alicyclic amines) is 1. The van der Waals surface area contributed by atoms with E-state index in [4.69, 9.17) is 29.8 Å². The number of piperidine rings is 1. The minimum absolute atomic E-state index is 0.115. The van der Waals surface area contributed by atoms with Crippen LogP contribution in [0.5, 0.6) is 11.5 Å². The lowest BCUT2D eigenvalue weighted by Gasteiger charge is -2.61. The molecule has 1 fully saturated rings. The monoisotopic (exact) mass is 516 g/mol. The van der Waals surface area contributed by atoms with Gasteiger partial charge in [-0.15, -0.1) is 0 Å². The fourth-order valence-electron chi connectivity index (χ4n) is 6.49. The number of carbonyl (C=O) groups is 3. The lowest BCUT2D eigenvalue weighted by atomic mass is 9.50. The number of aliphatic hydroxyl groups is 1. The number of carboxylic acids is 1. The molecule has 200 valence electrons. The van der Waals surface area contributed by atoms with E-state index in [2.05, 4.69) is 4.90 Å². The first-order valence-corrected chi connectivity index (χ1v) is 12.4. The van der Waals surface area contributed by atoms with Crippen molar-refractivity contribution in [2.45, 2.75) is 74.3 Å². The molecule has 0 amide bonds. The van der Waals surface area contributed by atoms with Crippen molar-refractivity contribution in [1.82, 2.24) is 4.90 Å². The van der Waals surface area contributed by atoms with Crippen LogP contribution in [0.25, 0.3) is 0 Å². The predicted molar refractivity (Wildman–Crippen MR) is 128 cm³/mol. The third-order valence-corrected chi connectivity index (χ3v) is 8.39. The van der Waals surface area contributed by atoms with Crippen molar-refractivity contribution in [2.24, 2.45) is 5.73 Å². The minimum atomic E-state index is -1.24. The molecule has 11 heteroatoms. The number of nitrogens with zero attached hydrogens (tertiary/aromatic N) is 1.